The Balaban J connectivity index is 1.38. The molecule has 11 heteroatoms. The minimum absolute atomic E-state index is 0.0134. The van der Waals surface area contributed by atoms with Gasteiger partial charge in [0, 0.05) is 24.7 Å². The SMILES string of the molecule is CNC(C)C(=O)NC1CCCCC2CCC(C(=O)NCc3cccc(NC(=O)C4CCOC4=O)c3)N2C1=O. The van der Waals surface area contributed by atoms with Crippen molar-refractivity contribution in [2.75, 3.05) is 19.0 Å². The highest BCUT2D eigenvalue weighted by Gasteiger charge is 2.44. The Kier molecular flexibility index (Phi) is 8.98. The summed E-state index contributed by atoms with van der Waals surface area (Å²) in [5, 5.41) is 11.4. The standard InChI is InChI=1S/C27H37N5O6/c1-16(28-2)23(33)31-21-9-4-3-8-19-10-11-22(32(19)26(21)36)25(35)29-15-17-6-5-7-18(14-17)30-24(34)20-12-13-38-27(20)37/h5-7,14,16,19-22,28H,3-4,8-13,15H2,1-2H3,(H,29,35)(H,30,34)(H,31,33). The van der Waals surface area contributed by atoms with Gasteiger partial charge >= 0.3 is 5.97 Å². The van der Waals surface area contributed by atoms with Crippen LogP contribution in [-0.2, 0) is 35.3 Å². The molecular weight excluding hydrogens is 490 g/mol. The van der Waals surface area contributed by atoms with E-state index in [1.807, 2.05) is 6.07 Å². The van der Waals surface area contributed by atoms with Gasteiger partial charge in [-0.25, -0.2) is 0 Å². The summed E-state index contributed by atoms with van der Waals surface area (Å²) < 4.78 is 4.86. The number of anilines is 1. The van der Waals surface area contributed by atoms with E-state index in [2.05, 4.69) is 21.3 Å². The number of cyclic esters (lactones) is 1. The van der Waals surface area contributed by atoms with Crippen LogP contribution in [0.2, 0.25) is 0 Å². The molecule has 3 aliphatic rings. The highest BCUT2D eigenvalue weighted by molar-refractivity contribution is 6.05. The smallest absolute Gasteiger partial charge is 0.318 e. The number of benzene rings is 1. The Morgan fingerprint density at radius 3 is 2.58 bits per heavy atom. The second kappa shape index (κ2) is 12.4. The first-order valence-corrected chi connectivity index (χ1v) is 13.4. The van der Waals surface area contributed by atoms with Crippen LogP contribution in [0, 0.1) is 5.92 Å². The molecule has 4 rings (SSSR count). The zero-order chi connectivity index (χ0) is 27.2. The number of hydrogen-bond acceptors (Lipinski definition) is 7. The molecular formula is C27H37N5O6. The normalized spacial score (nSPS) is 26.0. The van der Waals surface area contributed by atoms with Crippen molar-refractivity contribution in [3.05, 3.63) is 29.8 Å². The second-order valence-corrected chi connectivity index (χ2v) is 10.3. The zero-order valence-electron chi connectivity index (χ0n) is 22.0. The van der Waals surface area contributed by atoms with Gasteiger partial charge < -0.3 is 30.9 Å². The van der Waals surface area contributed by atoms with Crippen molar-refractivity contribution in [3.8, 4) is 0 Å². The lowest BCUT2D eigenvalue weighted by Gasteiger charge is -2.35. The molecule has 3 aliphatic heterocycles. The molecule has 1 aromatic carbocycles. The van der Waals surface area contributed by atoms with Crippen molar-refractivity contribution in [2.24, 2.45) is 5.92 Å². The summed E-state index contributed by atoms with van der Waals surface area (Å²) in [5.74, 6) is -2.40. The van der Waals surface area contributed by atoms with Gasteiger partial charge in [0.05, 0.1) is 12.6 Å². The number of carbonyl (C=O) groups is 5. The van der Waals surface area contributed by atoms with Crippen molar-refractivity contribution in [2.45, 2.75) is 82.6 Å². The molecule has 4 N–H and O–H groups in total. The van der Waals surface area contributed by atoms with Gasteiger partial charge in [-0.1, -0.05) is 25.0 Å². The summed E-state index contributed by atoms with van der Waals surface area (Å²) in [4.78, 5) is 65.0. The molecule has 4 amide bonds. The van der Waals surface area contributed by atoms with Gasteiger partial charge in [0.2, 0.25) is 23.6 Å². The van der Waals surface area contributed by atoms with Crippen LogP contribution in [0.3, 0.4) is 0 Å². The first-order valence-electron chi connectivity index (χ1n) is 13.4. The Labute approximate surface area is 222 Å². The van der Waals surface area contributed by atoms with Crippen LogP contribution in [0.15, 0.2) is 24.3 Å². The molecule has 0 spiro atoms. The third kappa shape index (κ3) is 6.32. The zero-order valence-corrected chi connectivity index (χ0v) is 22.0. The number of hydrogen-bond donors (Lipinski definition) is 4. The van der Waals surface area contributed by atoms with E-state index in [1.165, 1.54) is 0 Å². The lowest BCUT2D eigenvalue weighted by Crippen LogP contribution is -2.57. The molecule has 206 valence electrons. The maximum atomic E-state index is 13.5. The average Bonchev–Trinajstić information content (AvgIpc) is 3.53. The predicted molar refractivity (Wildman–Crippen MR) is 139 cm³/mol. The molecule has 3 saturated heterocycles. The lowest BCUT2D eigenvalue weighted by atomic mass is 9.98. The van der Waals surface area contributed by atoms with Crippen LogP contribution in [0.4, 0.5) is 5.69 Å². The third-order valence-corrected chi connectivity index (χ3v) is 7.69. The molecule has 5 unspecified atom stereocenters. The summed E-state index contributed by atoms with van der Waals surface area (Å²) in [5.41, 5.74) is 1.29. The molecule has 0 aliphatic carbocycles. The maximum Gasteiger partial charge on any atom is 0.318 e. The Morgan fingerprint density at radius 2 is 1.84 bits per heavy atom. The van der Waals surface area contributed by atoms with Crippen LogP contribution < -0.4 is 21.3 Å². The van der Waals surface area contributed by atoms with E-state index >= 15 is 0 Å². The number of rotatable bonds is 8. The minimum atomic E-state index is -0.806. The van der Waals surface area contributed by atoms with E-state index < -0.39 is 35.9 Å². The van der Waals surface area contributed by atoms with Crippen LogP contribution >= 0.6 is 0 Å². The Bertz CT molecular complexity index is 1080. The Hall–Kier alpha value is -3.47. The molecule has 3 heterocycles. The number of ether oxygens (including phenoxy) is 1. The number of nitrogens with zero attached hydrogens (tertiary/aromatic N) is 1. The van der Waals surface area contributed by atoms with Crippen LogP contribution in [0.25, 0.3) is 0 Å². The monoisotopic (exact) mass is 527 g/mol. The number of nitrogens with one attached hydrogen (secondary N) is 4. The first-order chi connectivity index (χ1) is 18.3. The predicted octanol–water partition coefficient (Wildman–Crippen LogP) is 0.831. The van der Waals surface area contributed by atoms with Gasteiger partial charge in [0.25, 0.3) is 0 Å². The fourth-order valence-corrected chi connectivity index (χ4v) is 5.38. The van der Waals surface area contributed by atoms with Crippen molar-refractivity contribution in [1.29, 1.82) is 0 Å². The molecule has 3 fully saturated rings. The summed E-state index contributed by atoms with van der Waals surface area (Å²) in [7, 11) is 1.69. The molecule has 0 saturated carbocycles. The van der Waals surface area contributed by atoms with Crippen molar-refractivity contribution >= 4 is 35.3 Å². The third-order valence-electron chi connectivity index (χ3n) is 7.69. The van der Waals surface area contributed by atoms with Crippen LogP contribution in [0.5, 0.6) is 0 Å². The quantitative estimate of drug-likeness (QED) is 0.289. The number of fused-ring (bicyclic) bond motifs is 1. The fraction of sp³-hybridized carbons (Fsp3) is 0.593. The van der Waals surface area contributed by atoms with E-state index in [4.69, 9.17) is 4.74 Å². The highest BCUT2D eigenvalue weighted by atomic mass is 16.5. The van der Waals surface area contributed by atoms with E-state index in [0.29, 0.717) is 24.9 Å². The molecule has 1 aromatic rings. The van der Waals surface area contributed by atoms with Crippen LogP contribution in [0.1, 0.15) is 57.4 Å². The van der Waals surface area contributed by atoms with Crippen LogP contribution in [-0.4, -0.2) is 72.3 Å². The highest BCUT2D eigenvalue weighted by Crippen LogP contribution is 2.31. The Morgan fingerprint density at radius 1 is 1.05 bits per heavy atom. The largest absolute Gasteiger partial charge is 0.465 e. The molecule has 38 heavy (non-hydrogen) atoms. The number of esters is 1. The lowest BCUT2D eigenvalue weighted by molar-refractivity contribution is -0.144. The van der Waals surface area contributed by atoms with Gasteiger partial charge in [0.1, 0.15) is 18.0 Å². The van der Waals surface area contributed by atoms with Gasteiger partial charge in [0.15, 0.2) is 0 Å². The van der Waals surface area contributed by atoms with Gasteiger partial charge in [-0.05, 0) is 57.4 Å². The second-order valence-electron chi connectivity index (χ2n) is 10.3. The number of carbonyl (C=O) groups excluding carboxylic acids is 5. The van der Waals surface area contributed by atoms with Gasteiger partial charge in [-0.2, -0.15) is 0 Å². The molecule has 5 atom stereocenters. The maximum absolute atomic E-state index is 13.5. The molecule has 0 radical (unpaired) electrons. The first kappa shape index (κ1) is 27.6. The van der Waals surface area contributed by atoms with E-state index in [1.54, 1.807) is 37.1 Å². The van der Waals surface area contributed by atoms with Crippen molar-refractivity contribution in [3.63, 3.8) is 0 Å². The summed E-state index contributed by atoms with van der Waals surface area (Å²) in [6.45, 7) is 2.20. The number of likely N-dealkylation sites (N-methyl/N-ethyl adjacent to an activating group) is 1. The fourth-order valence-electron chi connectivity index (χ4n) is 5.38. The summed E-state index contributed by atoms with van der Waals surface area (Å²) in [6, 6.07) is 5.37. The minimum Gasteiger partial charge on any atom is -0.465 e. The topological polar surface area (TPSA) is 146 Å². The van der Waals surface area contributed by atoms with E-state index in [-0.39, 0.29) is 36.9 Å². The molecule has 11 nitrogen and oxygen atoms in total. The number of amides is 4. The van der Waals surface area contributed by atoms with Gasteiger partial charge in [-0.3, -0.25) is 24.0 Å². The summed E-state index contributed by atoms with van der Waals surface area (Å²) >= 11 is 0. The van der Waals surface area contributed by atoms with Gasteiger partial charge in [-0.15, -0.1) is 0 Å². The van der Waals surface area contributed by atoms with E-state index in [9.17, 15) is 24.0 Å². The van der Waals surface area contributed by atoms with Crippen molar-refractivity contribution < 1.29 is 28.7 Å². The molecule has 0 aromatic heterocycles. The van der Waals surface area contributed by atoms with E-state index in [0.717, 1.165) is 31.2 Å². The summed E-state index contributed by atoms with van der Waals surface area (Å²) in [6.07, 6.45) is 4.87. The van der Waals surface area contributed by atoms with Crippen molar-refractivity contribution in [1.82, 2.24) is 20.9 Å². The average molecular weight is 528 g/mol. The molecule has 0 bridgehead atoms.